The molecular formula is C46H53F3N8O5S. The SMILES string of the molecule is CC(C)n1ccc2c(N3CCC(=O)NC3=O)cc(C(=O)N(C)CC3CCN(CCCOc4ccc(N(C(=S)N(C)c5ccc(C#N)c(C(F)(F)F)c5)C(C)(C)C=O)cc4)CC3)cc21. The number of carbonyl (C=O) groups excluding carboxylic acids is 4. The van der Waals surface area contributed by atoms with E-state index >= 15 is 0 Å². The molecule has 3 heterocycles. The Balaban J connectivity index is 1.00. The van der Waals surface area contributed by atoms with Gasteiger partial charge in [0.05, 0.1) is 40.5 Å². The number of benzene rings is 3. The molecule has 0 spiro atoms. The maximum atomic E-state index is 13.9. The standard InChI is InChI=1S/C46H53F3N8O5S/c1-30(2)55-21-16-37-39(55)24-33(25-40(37)56-22-17-41(59)51-43(56)61)42(60)52(5)28-31-14-19-54(20-15-31)18-7-23-62-36-12-10-34(11-13-36)57(45(3,4)29-58)44(63)53(6)35-9-8-32(27-50)38(26-35)46(47,48)49/h8-13,16,21,24-26,29-31H,7,14-15,17-20,22-23,28H2,1-6H3,(H,51,59,61). The van der Waals surface area contributed by atoms with Crippen LogP contribution in [0.25, 0.3) is 10.9 Å². The number of halogens is 3. The Hall–Kier alpha value is -5.99. The molecule has 4 amide bonds. The average Bonchev–Trinajstić information content (AvgIpc) is 3.69. The molecule has 0 atom stereocenters. The van der Waals surface area contributed by atoms with E-state index in [-0.39, 0.29) is 41.6 Å². The topological polar surface area (TPSA) is 134 Å². The van der Waals surface area contributed by atoms with Gasteiger partial charge >= 0.3 is 12.2 Å². The summed E-state index contributed by atoms with van der Waals surface area (Å²) in [5.41, 5.74) is -0.156. The number of piperidine rings is 1. The van der Waals surface area contributed by atoms with Crippen LogP contribution >= 0.6 is 12.2 Å². The van der Waals surface area contributed by atoms with Gasteiger partial charge in [0, 0.05) is 74.7 Å². The van der Waals surface area contributed by atoms with Crippen LogP contribution < -0.4 is 24.8 Å². The molecule has 0 aliphatic carbocycles. The summed E-state index contributed by atoms with van der Waals surface area (Å²) >= 11 is 5.74. The number of nitrogens with one attached hydrogen (secondary N) is 1. The number of likely N-dealkylation sites (tertiary alicyclic amines) is 1. The number of anilines is 3. The summed E-state index contributed by atoms with van der Waals surface area (Å²) in [6, 6.07) is 17.2. The summed E-state index contributed by atoms with van der Waals surface area (Å²) in [5, 5.41) is 12.5. The fourth-order valence-corrected chi connectivity index (χ4v) is 8.61. The van der Waals surface area contributed by atoms with E-state index in [1.54, 1.807) is 60.0 Å². The molecule has 3 aromatic carbocycles. The zero-order valence-corrected chi connectivity index (χ0v) is 37.2. The zero-order chi connectivity index (χ0) is 45.8. The molecule has 4 aromatic rings. The van der Waals surface area contributed by atoms with Gasteiger partial charge in [-0.25, -0.2) is 4.79 Å². The number of aldehydes is 1. The number of hydrogen-bond donors (Lipinski definition) is 1. The summed E-state index contributed by atoms with van der Waals surface area (Å²) in [7, 11) is 3.32. The number of nitriles is 1. The first-order valence-electron chi connectivity index (χ1n) is 20.9. The molecule has 63 heavy (non-hydrogen) atoms. The van der Waals surface area contributed by atoms with Gasteiger partial charge in [-0.15, -0.1) is 0 Å². The van der Waals surface area contributed by atoms with Crippen LogP contribution in [0, 0.1) is 17.2 Å². The van der Waals surface area contributed by atoms with Gasteiger partial charge in [0.2, 0.25) is 5.91 Å². The summed E-state index contributed by atoms with van der Waals surface area (Å²) < 4.78 is 49.3. The number of nitrogens with zero attached hydrogens (tertiary/aromatic N) is 7. The Morgan fingerprint density at radius 1 is 1.02 bits per heavy atom. The van der Waals surface area contributed by atoms with Crippen LogP contribution in [0.3, 0.4) is 0 Å². The largest absolute Gasteiger partial charge is 0.494 e. The molecule has 0 radical (unpaired) electrons. The Morgan fingerprint density at radius 2 is 1.70 bits per heavy atom. The van der Waals surface area contributed by atoms with Gasteiger partial charge < -0.3 is 33.7 Å². The average molecular weight is 887 g/mol. The van der Waals surface area contributed by atoms with E-state index in [2.05, 4.69) is 28.6 Å². The highest BCUT2D eigenvalue weighted by Crippen LogP contribution is 2.36. The molecule has 0 saturated carbocycles. The van der Waals surface area contributed by atoms with Crippen LogP contribution in [-0.2, 0) is 15.8 Å². The first kappa shape index (κ1) is 46.5. The van der Waals surface area contributed by atoms with E-state index in [1.165, 1.54) is 22.9 Å². The van der Waals surface area contributed by atoms with E-state index < -0.39 is 28.9 Å². The minimum atomic E-state index is -4.74. The quantitative estimate of drug-likeness (QED) is 0.0754. The summed E-state index contributed by atoms with van der Waals surface area (Å²) in [6.45, 7) is 11.3. The van der Waals surface area contributed by atoms with Crippen LogP contribution in [0.2, 0.25) is 0 Å². The number of alkyl halides is 3. The summed E-state index contributed by atoms with van der Waals surface area (Å²) in [6.07, 6.45) is 0.753. The zero-order valence-electron chi connectivity index (χ0n) is 36.4. The molecule has 2 saturated heterocycles. The number of fused-ring (bicyclic) bond motifs is 1. The Morgan fingerprint density at radius 3 is 2.32 bits per heavy atom. The Labute approximate surface area is 370 Å². The fourth-order valence-electron chi connectivity index (χ4n) is 8.16. The molecule has 1 N–H and O–H groups in total. The number of ether oxygens (including phenoxy) is 1. The lowest BCUT2D eigenvalue weighted by molar-refractivity contribution is -0.137. The molecule has 0 bridgehead atoms. The number of imide groups is 1. The van der Waals surface area contributed by atoms with Crippen molar-refractivity contribution in [2.45, 2.75) is 71.1 Å². The third-order valence-electron chi connectivity index (χ3n) is 11.7. The molecule has 13 nitrogen and oxygen atoms in total. The number of carbonyl (C=O) groups is 4. The van der Waals surface area contributed by atoms with Gasteiger partial charge in [-0.3, -0.25) is 19.8 Å². The van der Waals surface area contributed by atoms with Crippen molar-refractivity contribution in [2.75, 3.05) is 68.1 Å². The lowest BCUT2D eigenvalue weighted by atomic mass is 9.96. The number of urea groups is 1. The third-order valence-corrected chi connectivity index (χ3v) is 12.1. The van der Waals surface area contributed by atoms with E-state index in [9.17, 15) is 37.6 Å². The number of amides is 4. The third kappa shape index (κ3) is 10.5. The maximum Gasteiger partial charge on any atom is 0.417 e. The van der Waals surface area contributed by atoms with Gasteiger partial charge in [0.25, 0.3) is 5.91 Å². The second kappa shape index (κ2) is 19.2. The molecule has 2 aliphatic rings. The minimum Gasteiger partial charge on any atom is -0.494 e. The van der Waals surface area contributed by atoms with Crippen molar-refractivity contribution in [3.05, 3.63) is 83.6 Å². The molecule has 2 aliphatic heterocycles. The molecule has 0 unspecified atom stereocenters. The maximum absolute atomic E-state index is 13.9. The van der Waals surface area contributed by atoms with E-state index in [1.807, 2.05) is 25.4 Å². The Kier molecular flexibility index (Phi) is 14.2. The highest BCUT2D eigenvalue weighted by Gasteiger charge is 2.36. The lowest BCUT2D eigenvalue weighted by Crippen LogP contribution is -2.54. The van der Waals surface area contributed by atoms with Crippen LogP contribution in [0.15, 0.2) is 66.9 Å². The van der Waals surface area contributed by atoms with E-state index in [4.69, 9.17) is 17.0 Å². The molecule has 1 aromatic heterocycles. The van der Waals surface area contributed by atoms with Crippen molar-refractivity contribution >= 4 is 69.4 Å². The second-order valence-corrected chi connectivity index (χ2v) is 17.3. The first-order valence-corrected chi connectivity index (χ1v) is 21.4. The van der Waals surface area contributed by atoms with E-state index in [0.717, 1.165) is 61.9 Å². The van der Waals surface area contributed by atoms with Gasteiger partial charge in [-0.2, -0.15) is 18.4 Å². The van der Waals surface area contributed by atoms with Crippen molar-refractivity contribution in [1.29, 1.82) is 5.26 Å². The molecule has 17 heteroatoms. The Bertz CT molecular complexity index is 2400. The number of aromatic nitrogens is 1. The van der Waals surface area contributed by atoms with Gasteiger partial charge in [-0.05, 0) is 139 Å². The highest BCUT2D eigenvalue weighted by molar-refractivity contribution is 7.80. The monoisotopic (exact) mass is 886 g/mol. The van der Waals surface area contributed by atoms with Crippen molar-refractivity contribution in [3.8, 4) is 11.8 Å². The molecule has 6 rings (SSSR count). The predicted molar refractivity (Wildman–Crippen MR) is 240 cm³/mol. The van der Waals surface area contributed by atoms with Gasteiger partial charge in [-0.1, -0.05) is 0 Å². The predicted octanol–water partition coefficient (Wildman–Crippen LogP) is 8.02. The number of thiocarbonyl (C=S) groups is 1. The fraction of sp³-hybridized carbons (Fsp3) is 0.435. The summed E-state index contributed by atoms with van der Waals surface area (Å²) in [5.74, 6) is 0.483. The van der Waals surface area contributed by atoms with Crippen molar-refractivity contribution in [2.24, 2.45) is 5.92 Å². The second-order valence-electron chi connectivity index (χ2n) is 17.0. The smallest absolute Gasteiger partial charge is 0.417 e. The molecule has 334 valence electrons. The lowest BCUT2D eigenvalue weighted by Gasteiger charge is -2.39. The number of hydrogen-bond acceptors (Lipinski definition) is 8. The van der Waals surface area contributed by atoms with Crippen LogP contribution in [0.4, 0.5) is 35.0 Å². The van der Waals surface area contributed by atoms with Crippen molar-refractivity contribution < 1.29 is 37.1 Å². The first-order chi connectivity index (χ1) is 29.8. The van der Waals surface area contributed by atoms with Crippen LogP contribution in [-0.4, -0.2) is 103 Å². The molecular weight excluding hydrogens is 834 g/mol. The minimum absolute atomic E-state index is 0.0783. The van der Waals surface area contributed by atoms with Gasteiger partial charge in [0.1, 0.15) is 12.0 Å². The molecule has 2 fully saturated rings. The summed E-state index contributed by atoms with van der Waals surface area (Å²) in [4.78, 5) is 59.5. The van der Waals surface area contributed by atoms with E-state index in [0.29, 0.717) is 48.0 Å². The van der Waals surface area contributed by atoms with Crippen molar-refractivity contribution in [1.82, 2.24) is 19.7 Å². The van der Waals surface area contributed by atoms with Crippen LogP contribution in [0.5, 0.6) is 5.75 Å². The van der Waals surface area contributed by atoms with Crippen LogP contribution in [0.1, 0.15) is 80.9 Å². The normalized spacial score (nSPS) is 15.3. The number of rotatable bonds is 14. The van der Waals surface area contributed by atoms with Gasteiger partial charge in [0.15, 0.2) is 5.11 Å². The van der Waals surface area contributed by atoms with Crippen molar-refractivity contribution in [3.63, 3.8) is 0 Å². The highest BCUT2D eigenvalue weighted by atomic mass is 32.1.